The summed E-state index contributed by atoms with van der Waals surface area (Å²) in [5.74, 6) is -0.0595. The van der Waals surface area contributed by atoms with Gasteiger partial charge in [0.1, 0.15) is 6.04 Å². The van der Waals surface area contributed by atoms with Crippen molar-refractivity contribution >= 4 is 11.9 Å². The zero-order valence-electron chi connectivity index (χ0n) is 13.8. The highest BCUT2D eigenvalue weighted by Gasteiger charge is 2.31. The fraction of sp³-hybridized carbons (Fsp3) is 0.556. The van der Waals surface area contributed by atoms with Gasteiger partial charge in [0, 0.05) is 5.56 Å². The maximum Gasteiger partial charge on any atom is 0.328 e. The fourth-order valence-electron chi connectivity index (χ4n) is 2.41. The van der Waals surface area contributed by atoms with Gasteiger partial charge >= 0.3 is 5.97 Å². The van der Waals surface area contributed by atoms with Gasteiger partial charge in [0.15, 0.2) is 0 Å². The normalized spacial score (nSPS) is 16.0. The second kappa shape index (κ2) is 6.51. The molecule has 4 heteroatoms. The van der Waals surface area contributed by atoms with E-state index < -0.39 is 6.04 Å². The van der Waals surface area contributed by atoms with Crippen LogP contribution in [0.4, 0.5) is 0 Å². The van der Waals surface area contributed by atoms with E-state index in [-0.39, 0.29) is 17.3 Å². The van der Waals surface area contributed by atoms with Crippen LogP contribution in [0.5, 0.6) is 0 Å². The third-order valence-corrected chi connectivity index (χ3v) is 4.07. The number of methoxy groups -OCH3 is 1. The van der Waals surface area contributed by atoms with Crippen LogP contribution in [0.1, 0.15) is 56.0 Å². The Labute approximate surface area is 132 Å². The van der Waals surface area contributed by atoms with Crippen molar-refractivity contribution in [2.24, 2.45) is 5.92 Å². The van der Waals surface area contributed by atoms with Gasteiger partial charge in [0.25, 0.3) is 5.91 Å². The van der Waals surface area contributed by atoms with Crippen LogP contribution in [-0.4, -0.2) is 25.0 Å². The summed E-state index contributed by atoms with van der Waals surface area (Å²) in [5.41, 5.74) is 1.79. The molecule has 1 N–H and O–H groups in total. The monoisotopic (exact) mass is 303 g/mol. The van der Waals surface area contributed by atoms with Gasteiger partial charge in [-0.1, -0.05) is 45.7 Å². The van der Waals surface area contributed by atoms with E-state index in [9.17, 15) is 9.59 Å². The number of carbonyl (C=O) groups is 2. The van der Waals surface area contributed by atoms with E-state index >= 15 is 0 Å². The Morgan fingerprint density at radius 1 is 1.23 bits per heavy atom. The summed E-state index contributed by atoms with van der Waals surface area (Å²) in [5, 5.41) is 2.80. The topological polar surface area (TPSA) is 55.4 Å². The van der Waals surface area contributed by atoms with E-state index in [1.165, 1.54) is 12.7 Å². The first-order chi connectivity index (χ1) is 10.3. The summed E-state index contributed by atoms with van der Waals surface area (Å²) < 4.78 is 4.79. The average molecular weight is 303 g/mol. The zero-order chi connectivity index (χ0) is 16.3. The van der Waals surface area contributed by atoms with Crippen molar-refractivity contribution in [3.8, 4) is 0 Å². The molecule has 22 heavy (non-hydrogen) atoms. The van der Waals surface area contributed by atoms with Gasteiger partial charge in [0.05, 0.1) is 7.11 Å². The minimum Gasteiger partial charge on any atom is -0.467 e. The number of amides is 1. The molecule has 0 bridgehead atoms. The van der Waals surface area contributed by atoms with E-state index in [0.29, 0.717) is 17.9 Å². The molecule has 1 aromatic rings. The molecule has 0 spiro atoms. The molecule has 120 valence electrons. The molecule has 1 atom stereocenters. The smallest absolute Gasteiger partial charge is 0.328 e. The van der Waals surface area contributed by atoms with Crippen LogP contribution in [0.15, 0.2) is 24.3 Å². The van der Waals surface area contributed by atoms with Crippen LogP contribution in [0.25, 0.3) is 0 Å². The summed E-state index contributed by atoms with van der Waals surface area (Å²) in [7, 11) is 1.35. The molecule has 0 heterocycles. The number of benzene rings is 1. The molecule has 1 amide bonds. The summed E-state index contributed by atoms with van der Waals surface area (Å²) in [6, 6.07) is 6.99. The number of carbonyl (C=O) groups excluding carboxylic acids is 2. The number of rotatable bonds is 5. The Morgan fingerprint density at radius 3 is 2.27 bits per heavy atom. The lowest BCUT2D eigenvalue weighted by Crippen LogP contribution is -2.41. The predicted octanol–water partition coefficient (Wildman–Crippen LogP) is 3.06. The third kappa shape index (κ3) is 4.33. The minimum atomic E-state index is -0.549. The maximum absolute atomic E-state index is 12.3. The van der Waals surface area contributed by atoms with Gasteiger partial charge in [-0.15, -0.1) is 0 Å². The molecular weight excluding hydrogens is 278 g/mol. The predicted molar refractivity (Wildman–Crippen MR) is 85.8 cm³/mol. The van der Waals surface area contributed by atoms with Crippen LogP contribution in [0.3, 0.4) is 0 Å². The van der Waals surface area contributed by atoms with Gasteiger partial charge in [-0.3, -0.25) is 4.79 Å². The Bertz CT molecular complexity index is 538. The highest BCUT2D eigenvalue weighted by molar-refractivity contribution is 5.96. The van der Waals surface area contributed by atoms with Crippen LogP contribution in [-0.2, 0) is 14.9 Å². The molecule has 1 aliphatic carbocycles. The molecular formula is C18H25NO3. The second-order valence-corrected chi connectivity index (χ2v) is 7.06. The molecule has 0 unspecified atom stereocenters. The van der Waals surface area contributed by atoms with Gasteiger partial charge in [-0.2, -0.15) is 0 Å². The SMILES string of the molecule is COC(=O)[C@H](CC1CC1)NC(=O)c1ccc(C(C)(C)C)cc1. The van der Waals surface area contributed by atoms with Gasteiger partial charge in [-0.05, 0) is 35.4 Å². The van der Waals surface area contributed by atoms with Gasteiger partial charge in [0.2, 0.25) is 0 Å². The number of ether oxygens (including phenoxy) is 1. The first kappa shape index (κ1) is 16.5. The van der Waals surface area contributed by atoms with E-state index in [1.54, 1.807) is 12.1 Å². The summed E-state index contributed by atoms with van der Waals surface area (Å²) >= 11 is 0. The van der Waals surface area contributed by atoms with Crippen molar-refractivity contribution in [3.05, 3.63) is 35.4 Å². The summed E-state index contributed by atoms with van der Waals surface area (Å²) in [6.45, 7) is 6.39. The van der Waals surface area contributed by atoms with Crippen molar-refractivity contribution in [1.29, 1.82) is 0 Å². The van der Waals surface area contributed by atoms with Crippen molar-refractivity contribution in [2.45, 2.75) is 51.5 Å². The van der Waals surface area contributed by atoms with E-state index in [0.717, 1.165) is 12.8 Å². The van der Waals surface area contributed by atoms with Crippen LogP contribution >= 0.6 is 0 Å². The zero-order valence-corrected chi connectivity index (χ0v) is 13.8. The molecule has 1 aliphatic rings. The standard InChI is InChI=1S/C18H25NO3/c1-18(2,3)14-9-7-13(8-10-14)16(20)19-15(17(21)22-4)11-12-5-6-12/h7-10,12,15H,5-6,11H2,1-4H3,(H,19,20)/t15-/m0/s1. The quantitative estimate of drug-likeness (QED) is 0.851. The number of esters is 1. The van der Waals surface area contributed by atoms with Crippen LogP contribution in [0.2, 0.25) is 0 Å². The Kier molecular flexibility index (Phi) is 4.89. The molecule has 0 aliphatic heterocycles. The minimum absolute atomic E-state index is 0.0511. The molecule has 1 saturated carbocycles. The molecule has 1 aromatic carbocycles. The molecule has 0 radical (unpaired) electrons. The molecule has 0 aromatic heterocycles. The highest BCUT2D eigenvalue weighted by Crippen LogP contribution is 2.33. The van der Waals surface area contributed by atoms with Crippen LogP contribution in [0, 0.1) is 5.92 Å². The molecule has 0 saturated heterocycles. The Morgan fingerprint density at radius 2 is 1.82 bits per heavy atom. The fourth-order valence-corrected chi connectivity index (χ4v) is 2.41. The average Bonchev–Trinajstić information content (AvgIpc) is 3.29. The first-order valence-corrected chi connectivity index (χ1v) is 7.80. The summed E-state index contributed by atoms with van der Waals surface area (Å²) in [6.07, 6.45) is 2.92. The summed E-state index contributed by atoms with van der Waals surface area (Å²) in [4.78, 5) is 24.1. The number of hydrogen-bond acceptors (Lipinski definition) is 3. The molecule has 2 rings (SSSR count). The van der Waals surface area contributed by atoms with E-state index in [2.05, 4.69) is 26.1 Å². The maximum atomic E-state index is 12.3. The van der Waals surface area contributed by atoms with Crippen molar-refractivity contribution in [3.63, 3.8) is 0 Å². The molecule has 4 nitrogen and oxygen atoms in total. The van der Waals surface area contributed by atoms with Crippen LogP contribution < -0.4 is 5.32 Å². The van der Waals surface area contributed by atoms with E-state index in [1.807, 2.05) is 12.1 Å². The van der Waals surface area contributed by atoms with Gasteiger partial charge < -0.3 is 10.1 Å². The number of nitrogens with one attached hydrogen (secondary N) is 1. The lowest BCUT2D eigenvalue weighted by molar-refractivity contribution is -0.143. The lowest BCUT2D eigenvalue weighted by Gasteiger charge is -2.20. The third-order valence-electron chi connectivity index (χ3n) is 4.07. The Balaban J connectivity index is 2.04. The second-order valence-electron chi connectivity index (χ2n) is 7.06. The highest BCUT2D eigenvalue weighted by atomic mass is 16.5. The lowest BCUT2D eigenvalue weighted by atomic mass is 9.86. The van der Waals surface area contributed by atoms with Gasteiger partial charge in [-0.25, -0.2) is 4.79 Å². The number of hydrogen-bond donors (Lipinski definition) is 1. The van der Waals surface area contributed by atoms with Crippen molar-refractivity contribution < 1.29 is 14.3 Å². The molecule has 1 fully saturated rings. The van der Waals surface area contributed by atoms with E-state index in [4.69, 9.17) is 4.74 Å². The van der Waals surface area contributed by atoms with Crippen molar-refractivity contribution in [2.75, 3.05) is 7.11 Å². The van der Waals surface area contributed by atoms with Crippen molar-refractivity contribution in [1.82, 2.24) is 5.32 Å². The Hall–Kier alpha value is -1.84. The largest absolute Gasteiger partial charge is 0.467 e. The first-order valence-electron chi connectivity index (χ1n) is 7.80.